The van der Waals surface area contributed by atoms with Gasteiger partial charge in [-0.2, -0.15) is 0 Å². The molecule has 13 heteroatoms. The summed E-state index contributed by atoms with van der Waals surface area (Å²) in [5, 5.41) is 0.0423. The molecule has 0 aliphatic carbocycles. The third-order valence-electron chi connectivity index (χ3n) is 4.20. The first-order chi connectivity index (χ1) is 15.4. The van der Waals surface area contributed by atoms with Crippen LogP contribution in [0.3, 0.4) is 0 Å². The van der Waals surface area contributed by atoms with Crippen molar-refractivity contribution >= 4 is 52.8 Å². The number of rotatable bonds is 7. The van der Waals surface area contributed by atoms with E-state index in [2.05, 4.69) is 0 Å². The molecule has 1 aromatic rings. The molecule has 0 radical (unpaired) electrons. The summed E-state index contributed by atoms with van der Waals surface area (Å²) >= 11 is 12.4. The first-order valence-electron chi connectivity index (χ1n) is 9.60. The zero-order valence-electron chi connectivity index (χ0n) is 18.2. The first-order valence-corrected chi connectivity index (χ1v) is 10.4. The summed E-state index contributed by atoms with van der Waals surface area (Å²) in [7, 11) is 0. The van der Waals surface area contributed by atoms with Gasteiger partial charge in [-0.05, 0) is 12.1 Å². The minimum atomic E-state index is -1.47. The molecule has 0 amide bonds. The van der Waals surface area contributed by atoms with Crippen molar-refractivity contribution in [2.45, 2.75) is 58.4 Å². The van der Waals surface area contributed by atoms with Crippen LogP contribution in [0.4, 0.5) is 5.69 Å². The fourth-order valence-corrected chi connectivity index (χ4v) is 3.68. The number of nitrogens with two attached hydrogens (primary N) is 1. The number of carbonyl (C=O) groups excluding carboxylic acids is 4. The van der Waals surface area contributed by atoms with Gasteiger partial charge in [0.1, 0.15) is 12.7 Å². The summed E-state index contributed by atoms with van der Waals surface area (Å²) in [6.07, 6.45) is -6.77. The van der Waals surface area contributed by atoms with Crippen molar-refractivity contribution in [1.29, 1.82) is 0 Å². The van der Waals surface area contributed by atoms with E-state index in [0.717, 1.165) is 27.7 Å². The highest BCUT2D eigenvalue weighted by molar-refractivity contribution is 6.37. The van der Waals surface area contributed by atoms with E-state index in [9.17, 15) is 19.2 Å². The molecule has 33 heavy (non-hydrogen) atoms. The van der Waals surface area contributed by atoms with E-state index in [1.54, 1.807) is 0 Å². The van der Waals surface area contributed by atoms with Crippen LogP contribution in [0.15, 0.2) is 12.1 Å². The van der Waals surface area contributed by atoms with Gasteiger partial charge in [-0.3, -0.25) is 19.2 Å². The van der Waals surface area contributed by atoms with Crippen molar-refractivity contribution in [3.05, 3.63) is 22.2 Å². The molecule has 2 rings (SSSR count). The third kappa shape index (κ3) is 7.37. The lowest BCUT2D eigenvalue weighted by atomic mass is 9.98. The van der Waals surface area contributed by atoms with E-state index in [4.69, 9.17) is 57.4 Å². The number of hydrogen-bond acceptors (Lipinski definition) is 11. The second-order valence-corrected chi connectivity index (χ2v) is 7.81. The van der Waals surface area contributed by atoms with Gasteiger partial charge in [-0.15, -0.1) is 0 Å². The van der Waals surface area contributed by atoms with Crippen molar-refractivity contribution in [1.82, 2.24) is 0 Å². The molecule has 1 aromatic carbocycles. The molecule has 1 heterocycles. The molecule has 182 valence electrons. The minimum Gasteiger partial charge on any atom is -0.463 e. The van der Waals surface area contributed by atoms with Gasteiger partial charge in [-0.1, -0.05) is 23.2 Å². The Morgan fingerprint density at radius 3 is 1.82 bits per heavy atom. The number of carbonyl (C=O) groups is 4. The average Bonchev–Trinajstić information content (AvgIpc) is 2.66. The molecule has 1 aliphatic heterocycles. The van der Waals surface area contributed by atoms with E-state index < -0.39 is 61.2 Å². The first kappa shape index (κ1) is 26.5. The zero-order valence-corrected chi connectivity index (χ0v) is 19.7. The highest BCUT2D eigenvalue weighted by atomic mass is 35.5. The normalized spacial score (nSPS) is 24.4. The lowest BCUT2D eigenvalue weighted by molar-refractivity contribution is -0.288. The fraction of sp³-hybridized carbons (Fsp3) is 0.500. The number of esters is 4. The number of ether oxygens (including phenoxy) is 6. The lowest BCUT2D eigenvalue weighted by Crippen LogP contribution is -2.63. The summed E-state index contributed by atoms with van der Waals surface area (Å²) in [6, 6.07) is 2.74. The minimum absolute atomic E-state index is 0.0212. The quantitative estimate of drug-likeness (QED) is 0.327. The number of benzene rings is 1. The molecule has 1 fully saturated rings. The molecular formula is C20H23Cl2NO10. The summed E-state index contributed by atoms with van der Waals surface area (Å²) in [5.74, 6) is -3.01. The Kier molecular flexibility index (Phi) is 9.15. The fourth-order valence-electron chi connectivity index (χ4n) is 3.09. The van der Waals surface area contributed by atoms with Crippen LogP contribution >= 0.6 is 23.2 Å². The Morgan fingerprint density at radius 2 is 1.33 bits per heavy atom. The summed E-state index contributed by atoms with van der Waals surface area (Å²) in [5.41, 5.74) is 5.97. The van der Waals surface area contributed by atoms with Crippen LogP contribution in [0.25, 0.3) is 0 Å². The Morgan fingerprint density at radius 1 is 0.848 bits per heavy atom. The Hall–Kier alpha value is -2.76. The number of anilines is 1. The van der Waals surface area contributed by atoms with Gasteiger partial charge in [0.05, 0.1) is 10.0 Å². The van der Waals surface area contributed by atoms with Crippen molar-refractivity contribution < 1.29 is 47.6 Å². The summed E-state index contributed by atoms with van der Waals surface area (Å²) in [6.45, 7) is 4.09. The predicted molar refractivity (Wildman–Crippen MR) is 113 cm³/mol. The third-order valence-corrected chi connectivity index (χ3v) is 4.76. The molecule has 0 spiro atoms. The standard InChI is InChI=1S/C20H23Cl2NO10/c1-8(24)28-7-15-17(29-9(2)25)18(30-10(3)26)19(31-11(4)27)20(32-15)33-16-13(21)5-12(23)6-14(16)22/h5-6,15,17-20H,7,23H2,1-4H3/t15-,17-,18+,19-,20+/m1/s1. The van der Waals surface area contributed by atoms with Crippen molar-refractivity contribution in [2.75, 3.05) is 12.3 Å². The van der Waals surface area contributed by atoms with Gasteiger partial charge in [0.25, 0.3) is 0 Å². The second kappa shape index (κ2) is 11.4. The zero-order chi connectivity index (χ0) is 24.9. The smallest absolute Gasteiger partial charge is 0.303 e. The van der Waals surface area contributed by atoms with Crippen molar-refractivity contribution in [3.63, 3.8) is 0 Å². The van der Waals surface area contributed by atoms with Gasteiger partial charge in [0.15, 0.2) is 18.0 Å². The Labute approximate surface area is 199 Å². The van der Waals surface area contributed by atoms with Crippen LogP contribution in [0.1, 0.15) is 27.7 Å². The van der Waals surface area contributed by atoms with Crippen LogP contribution in [0.5, 0.6) is 5.75 Å². The maximum Gasteiger partial charge on any atom is 0.303 e. The van der Waals surface area contributed by atoms with Gasteiger partial charge in [-0.25, -0.2) is 0 Å². The van der Waals surface area contributed by atoms with Crippen LogP contribution < -0.4 is 10.5 Å². The van der Waals surface area contributed by atoms with E-state index >= 15 is 0 Å². The topological polar surface area (TPSA) is 150 Å². The van der Waals surface area contributed by atoms with E-state index in [0.29, 0.717) is 0 Å². The number of hydrogen-bond donors (Lipinski definition) is 1. The Balaban J connectivity index is 2.52. The highest BCUT2D eigenvalue weighted by Crippen LogP contribution is 2.38. The SMILES string of the molecule is CC(=O)OC[C@H]1O[C@@H](Oc2c(Cl)cc(N)cc2Cl)[C@H](OC(C)=O)[C@@H](OC(C)=O)[C@@H]1OC(C)=O. The van der Waals surface area contributed by atoms with Crippen molar-refractivity contribution in [3.8, 4) is 5.75 Å². The van der Waals surface area contributed by atoms with Crippen molar-refractivity contribution in [2.24, 2.45) is 0 Å². The molecular weight excluding hydrogens is 485 g/mol. The van der Waals surface area contributed by atoms with Gasteiger partial charge >= 0.3 is 23.9 Å². The van der Waals surface area contributed by atoms with Crippen LogP contribution in [-0.4, -0.2) is 61.2 Å². The maximum absolute atomic E-state index is 11.8. The summed E-state index contributed by atoms with van der Waals surface area (Å²) < 4.78 is 32.5. The lowest BCUT2D eigenvalue weighted by Gasteiger charge is -2.44. The molecule has 0 saturated carbocycles. The summed E-state index contributed by atoms with van der Waals surface area (Å²) in [4.78, 5) is 46.8. The Bertz CT molecular complexity index is 901. The van der Waals surface area contributed by atoms with E-state index in [1.165, 1.54) is 12.1 Å². The monoisotopic (exact) mass is 507 g/mol. The van der Waals surface area contributed by atoms with Gasteiger partial charge in [0.2, 0.25) is 12.4 Å². The van der Waals surface area contributed by atoms with Crippen LogP contribution in [-0.2, 0) is 42.9 Å². The van der Waals surface area contributed by atoms with Crippen LogP contribution in [0.2, 0.25) is 10.0 Å². The highest BCUT2D eigenvalue weighted by Gasteiger charge is 2.53. The van der Waals surface area contributed by atoms with Crippen LogP contribution in [0, 0.1) is 0 Å². The van der Waals surface area contributed by atoms with E-state index in [-0.39, 0.29) is 21.5 Å². The molecule has 11 nitrogen and oxygen atoms in total. The predicted octanol–water partition coefficient (Wildman–Crippen LogP) is 2.04. The molecule has 1 aliphatic rings. The largest absolute Gasteiger partial charge is 0.463 e. The number of nitrogen functional groups attached to an aromatic ring is 1. The second-order valence-electron chi connectivity index (χ2n) is 7.00. The molecule has 0 unspecified atom stereocenters. The molecule has 0 bridgehead atoms. The van der Waals surface area contributed by atoms with Gasteiger partial charge < -0.3 is 34.2 Å². The number of halogens is 2. The molecule has 2 N–H and O–H groups in total. The van der Waals surface area contributed by atoms with Gasteiger partial charge in [0, 0.05) is 33.4 Å². The maximum atomic E-state index is 11.8. The average molecular weight is 508 g/mol. The molecule has 5 atom stereocenters. The molecule has 1 saturated heterocycles. The van der Waals surface area contributed by atoms with E-state index in [1.807, 2.05) is 0 Å². The molecule has 0 aromatic heterocycles.